The van der Waals surface area contributed by atoms with E-state index in [9.17, 15) is 14.7 Å². The van der Waals surface area contributed by atoms with E-state index < -0.39 is 5.41 Å². The lowest BCUT2D eigenvalue weighted by atomic mass is 9.65. The van der Waals surface area contributed by atoms with Crippen LogP contribution in [0.1, 0.15) is 27.8 Å². The smallest absolute Gasteiger partial charge is 0.108 e. The summed E-state index contributed by atoms with van der Waals surface area (Å²) in [5, 5.41) is 9.07. The van der Waals surface area contributed by atoms with Gasteiger partial charge in [0.05, 0.1) is 5.41 Å². The van der Waals surface area contributed by atoms with Gasteiger partial charge in [-0.15, -0.1) is 14.7 Å². The molecule has 0 fully saturated rings. The molecular weight excluding hydrogens is 402 g/mol. The molecule has 0 atom stereocenters. The van der Waals surface area contributed by atoms with E-state index in [1.165, 1.54) is 0 Å². The highest BCUT2D eigenvalue weighted by Crippen LogP contribution is 2.46. The largest absolute Gasteiger partial charge is 0.145 e. The quantitative estimate of drug-likeness (QED) is 0.228. The highest BCUT2D eigenvalue weighted by Gasteiger charge is 2.38. The number of nitrogens with zero attached hydrogens (tertiary/aromatic N) is 3. The highest BCUT2D eigenvalue weighted by molar-refractivity contribution is 5.63. The third-order valence-corrected chi connectivity index (χ3v) is 5.70. The molecule has 0 unspecified atom stereocenters. The van der Waals surface area contributed by atoms with E-state index in [0.29, 0.717) is 17.1 Å². The van der Waals surface area contributed by atoms with Crippen molar-refractivity contribution in [3.8, 4) is 0 Å². The lowest BCUT2D eigenvalue weighted by Gasteiger charge is -2.37. The van der Waals surface area contributed by atoms with Gasteiger partial charge in [-0.3, -0.25) is 0 Å². The van der Waals surface area contributed by atoms with Crippen LogP contribution in [0, 0.1) is 21.6 Å². The van der Waals surface area contributed by atoms with E-state index >= 15 is 0 Å². The first-order chi connectivity index (χ1) is 15.6. The molecule has 0 aromatic heterocycles. The van der Waals surface area contributed by atoms with Crippen LogP contribution in [-0.4, -0.2) is 0 Å². The van der Waals surface area contributed by atoms with Crippen LogP contribution < -0.4 is 0 Å². The van der Waals surface area contributed by atoms with Crippen molar-refractivity contribution >= 4 is 17.1 Å². The molecule has 0 heterocycles. The zero-order valence-corrected chi connectivity index (χ0v) is 17.3. The van der Waals surface area contributed by atoms with Crippen molar-refractivity contribution in [2.24, 2.45) is 15.5 Å². The number of benzene rings is 4. The molecule has 0 radical (unpaired) electrons. The van der Waals surface area contributed by atoms with Crippen molar-refractivity contribution in [3.05, 3.63) is 140 Å². The molecule has 6 heteroatoms. The Morgan fingerprint density at radius 2 is 0.688 bits per heavy atom. The normalized spacial score (nSPS) is 11.0. The Labute approximate surface area is 184 Å². The zero-order valence-electron chi connectivity index (χ0n) is 17.3. The molecule has 156 valence electrons. The van der Waals surface area contributed by atoms with Gasteiger partial charge in [-0.1, -0.05) is 66.2 Å². The molecule has 4 aromatic carbocycles. The fourth-order valence-electron chi connectivity index (χ4n) is 4.12. The number of rotatable bonds is 7. The van der Waals surface area contributed by atoms with Crippen LogP contribution in [0.2, 0.25) is 0 Å². The van der Waals surface area contributed by atoms with Gasteiger partial charge in [0, 0.05) is 0 Å². The Bertz CT molecular complexity index is 1120. The van der Waals surface area contributed by atoms with Crippen molar-refractivity contribution < 1.29 is 0 Å². The van der Waals surface area contributed by atoms with Crippen LogP contribution in [0.15, 0.2) is 113 Å². The summed E-state index contributed by atoms with van der Waals surface area (Å²) >= 11 is 0. The first-order valence-electron chi connectivity index (χ1n) is 10.0. The van der Waals surface area contributed by atoms with E-state index in [1.54, 1.807) is 36.4 Å². The lowest BCUT2D eigenvalue weighted by Crippen LogP contribution is -2.31. The predicted octanol–water partition coefficient (Wildman–Crippen LogP) is 7.57. The molecular formula is C26H19N3O3. The number of nitroso groups, excluding NO2 is 3. The Balaban J connectivity index is 2.09. The van der Waals surface area contributed by atoms with Gasteiger partial charge >= 0.3 is 0 Å². The monoisotopic (exact) mass is 421 g/mol. The molecule has 0 spiro atoms. The second kappa shape index (κ2) is 8.81. The molecule has 6 nitrogen and oxygen atoms in total. The first-order valence-corrected chi connectivity index (χ1v) is 10.0. The third kappa shape index (κ3) is 3.63. The molecule has 4 rings (SSSR count). The van der Waals surface area contributed by atoms with Gasteiger partial charge in [-0.2, -0.15) is 0 Å². The molecule has 0 saturated heterocycles. The summed E-state index contributed by atoms with van der Waals surface area (Å²) in [5.41, 5.74) is 4.97. The SMILES string of the molecule is Cc1ccc(C(c2ccc(N=O)cc2)(c2ccc(N=O)cc2)c2ccc(N=O)cc2)cc1. The third-order valence-electron chi connectivity index (χ3n) is 5.70. The molecule has 4 aromatic rings. The number of hydrogen-bond donors (Lipinski definition) is 0. The van der Waals surface area contributed by atoms with Gasteiger partial charge in [0.15, 0.2) is 0 Å². The summed E-state index contributed by atoms with van der Waals surface area (Å²) in [4.78, 5) is 33.1. The molecule has 0 bridgehead atoms. The van der Waals surface area contributed by atoms with E-state index in [0.717, 1.165) is 27.8 Å². The van der Waals surface area contributed by atoms with Crippen molar-refractivity contribution in [3.63, 3.8) is 0 Å². The fourth-order valence-corrected chi connectivity index (χ4v) is 4.12. The summed E-state index contributed by atoms with van der Waals surface area (Å²) in [6.45, 7) is 2.02. The molecule has 0 saturated carbocycles. The van der Waals surface area contributed by atoms with Crippen LogP contribution in [-0.2, 0) is 5.41 Å². The minimum Gasteiger partial charge on any atom is -0.145 e. The Hall–Kier alpha value is -4.32. The lowest BCUT2D eigenvalue weighted by molar-refractivity contribution is 0.745. The van der Waals surface area contributed by atoms with Crippen molar-refractivity contribution in [2.45, 2.75) is 12.3 Å². The highest BCUT2D eigenvalue weighted by atomic mass is 16.3. The molecule has 0 aliphatic carbocycles. The summed E-state index contributed by atoms with van der Waals surface area (Å²) in [7, 11) is 0. The van der Waals surface area contributed by atoms with E-state index in [1.807, 2.05) is 55.5 Å². The second-order valence-electron chi connectivity index (χ2n) is 7.53. The minimum absolute atomic E-state index is 0.326. The van der Waals surface area contributed by atoms with Gasteiger partial charge in [0.25, 0.3) is 0 Å². The average molecular weight is 421 g/mol. The van der Waals surface area contributed by atoms with E-state index in [4.69, 9.17) is 0 Å². The molecule has 0 N–H and O–H groups in total. The average Bonchev–Trinajstić information content (AvgIpc) is 2.86. The van der Waals surface area contributed by atoms with Crippen molar-refractivity contribution in [2.75, 3.05) is 0 Å². The Morgan fingerprint density at radius 1 is 0.438 bits per heavy atom. The standard InChI is InChI=1S/C26H19N3O3/c1-18-2-4-19(5-3-18)26(20-6-12-23(27-30)13-7-20,21-8-14-24(28-31)15-9-21)22-10-16-25(29-32)17-11-22/h2-17H,1H3. The molecule has 32 heavy (non-hydrogen) atoms. The van der Waals surface area contributed by atoms with E-state index in [-0.39, 0.29) is 0 Å². The second-order valence-corrected chi connectivity index (χ2v) is 7.53. The van der Waals surface area contributed by atoms with Crippen LogP contribution in [0.4, 0.5) is 17.1 Å². The van der Waals surface area contributed by atoms with Gasteiger partial charge in [0.2, 0.25) is 0 Å². The van der Waals surface area contributed by atoms with Crippen LogP contribution in [0.5, 0.6) is 0 Å². The van der Waals surface area contributed by atoms with Crippen LogP contribution in [0.25, 0.3) is 0 Å². The van der Waals surface area contributed by atoms with Gasteiger partial charge in [-0.25, -0.2) is 0 Å². The minimum atomic E-state index is -0.794. The molecule has 0 aliphatic rings. The summed E-state index contributed by atoms with van der Waals surface area (Å²) < 4.78 is 0. The number of aryl methyl sites for hydroxylation is 1. The van der Waals surface area contributed by atoms with Gasteiger partial charge < -0.3 is 0 Å². The van der Waals surface area contributed by atoms with Crippen molar-refractivity contribution in [1.29, 1.82) is 0 Å². The predicted molar refractivity (Wildman–Crippen MR) is 126 cm³/mol. The van der Waals surface area contributed by atoms with Crippen LogP contribution in [0.3, 0.4) is 0 Å². The Kier molecular flexibility index (Phi) is 5.77. The molecule has 0 aliphatic heterocycles. The van der Waals surface area contributed by atoms with Crippen LogP contribution >= 0.6 is 0 Å². The summed E-state index contributed by atoms with van der Waals surface area (Å²) in [6, 6.07) is 29.4. The molecule has 0 amide bonds. The van der Waals surface area contributed by atoms with Gasteiger partial charge in [-0.05, 0) is 81.1 Å². The fraction of sp³-hybridized carbons (Fsp3) is 0.0769. The topological polar surface area (TPSA) is 88.3 Å². The summed E-state index contributed by atoms with van der Waals surface area (Å²) in [6.07, 6.45) is 0. The Morgan fingerprint density at radius 3 is 0.938 bits per heavy atom. The number of hydrogen-bond acceptors (Lipinski definition) is 6. The maximum Gasteiger partial charge on any atom is 0.108 e. The first kappa shape index (κ1) is 20.9. The summed E-state index contributed by atoms with van der Waals surface area (Å²) in [5.74, 6) is 0. The van der Waals surface area contributed by atoms with Gasteiger partial charge in [0.1, 0.15) is 17.1 Å². The zero-order chi connectivity index (χ0) is 22.6. The van der Waals surface area contributed by atoms with Crippen molar-refractivity contribution in [1.82, 2.24) is 0 Å². The maximum atomic E-state index is 11.0. The maximum absolute atomic E-state index is 11.0. The van der Waals surface area contributed by atoms with E-state index in [2.05, 4.69) is 27.7 Å².